The molecular weight excluding hydrogens is 727 g/mol. The molecule has 0 aliphatic carbocycles. The number of amides is 3. The van der Waals surface area contributed by atoms with Gasteiger partial charge in [0.25, 0.3) is 17.7 Å². The van der Waals surface area contributed by atoms with Crippen molar-refractivity contribution in [3.8, 4) is 11.5 Å². The highest BCUT2D eigenvalue weighted by Crippen LogP contribution is 2.42. The van der Waals surface area contributed by atoms with Crippen LogP contribution in [0.5, 0.6) is 11.5 Å². The predicted molar refractivity (Wildman–Crippen MR) is 225 cm³/mol. The van der Waals surface area contributed by atoms with Crippen LogP contribution in [0.15, 0.2) is 72.9 Å². The quantitative estimate of drug-likeness (QED) is 0.0859. The molecule has 2 aromatic heterocycles. The van der Waals surface area contributed by atoms with E-state index in [0.29, 0.717) is 53.0 Å². The number of para-hydroxylation sites is 1. The molecule has 294 valence electrons. The number of ether oxygens (including phenoxy) is 2. The molecule has 0 radical (unpaired) electrons. The zero-order valence-corrected chi connectivity index (χ0v) is 33.8. The molecule has 4 N–H and O–H groups in total. The van der Waals surface area contributed by atoms with Crippen LogP contribution in [0.4, 0.5) is 22.7 Å². The maximum Gasteiger partial charge on any atom is 0.272 e. The Morgan fingerprint density at radius 1 is 0.929 bits per heavy atom. The van der Waals surface area contributed by atoms with Gasteiger partial charge in [-0.15, -0.1) is 11.3 Å². The Balaban J connectivity index is 0.898. The Hall–Kier alpha value is -5.53. The number of carbonyl (C=O) groups is 3. The van der Waals surface area contributed by atoms with Gasteiger partial charge in [-0.2, -0.15) is 0 Å². The van der Waals surface area contributed by atoms with Crippen LogP contribution in [0.3, 0.4) is 0 Å². The summed E-state index contributed by atoms with van der Waals surface area (Å²) < 4.78 is 14.7. The molecular formula is C43H51N7O5S. The molecule has 1 atom stereocenters. The van der Waals surface area contributed by atoms with Crippen LogP contribution in [-0.4, -0.2) is 82.3 Å². The van der Waals surface area contributed by atoms with Gasteiger partial charge in [-0.05, 0) is 85.1 Å². The number of methoxy groups -OCH3 is 1. The molecule has 0 fully saturated rings. The minimum Gasteiger partial charge on any atom is -0.493 e. The average Bonchev–Trinajstić information content (AvgIpc) is 3.87. The summed E-state index contributed by atoms with van der Waals surface area (Å²) in [5, 5.41) is 13.6. The molecule has 2 aliphatic heterocycles. The number of benzene rings is 3. The first-order valence-corrected chi connectivity index (χ1v) is 19.9. The van der Waals surface area contributed by atoms with E-state index in [1.807, 2.05) is 92.9 Å². The summed E-state index contributed by atoms with van der Waals surface area (Å²) in [5.41, 5.74) is 5.60. The van der Waals surface area contributed by atoms with Crippen molar-refractivity contribution in [3.63, 3.8) is 0 Å². The maximum atomic E-state index is 13.9. The highest BCUT2D eigenvalue weighted by atomic mass is 32.1. The van der Waals surface area contributed by atoms with Gasteiger partial charge in [-0.25, -0.2) is 0 Å². The third-order valence-electron chi connectivity index (χ3n) is 10.5. The van der Waals surface area contributed by atoms with E-state index in [2.05, 4.69) is 46.1 Å². The Bertz CT molecular complexity index is 2260. The van der Waals surface area contributed by atoms with Crippen molar-refractivity contribution in [3.05, 3.63) is 94.6 Å². The summed E-state index contributed by atoms with van der Waals surface area (Å²) >= 11 is 1.44. The summed E-state index contributed by atoms with van der Waals surface area (Å²) in [4.78, 5) is 44.8. The number of anilines is 4. The third kappa shape index (κ3) is 8.19. The molecule has 13 heteroatoms. The number of likely N-dealkylation sites (N-methyl/N-ethyl adjacent to an activating group) is 1. The number of carbonyl (C=O) groups excluding carboxylic acids is 3. The topological polar surface area (TPSA) is 129 Å². The first kappa shape index (κ1) is 38.7. The lowest BCUT2D eigenvalue weighted by molar-refractivity contribution is 0.0939. The summed E-state index contributed by atoms with van der Waals surface area (Å²) in [6.45, 7) is 7.47. The van der Waals surface area contributed by atoms with Gasteiger partial charge in [0.05, 0.1) is 41.6 Å². The van der Waals surface area contributed by atoms with Gasteiger partial charge in [0, 0.05) is 68.6 Å². The fourth-order valence-electron chi connectivity index (χ4n) is 7.64. The van der Waals surface area contributed by atoms with E-state index < -0.39 is 0 Å². The lowest BCUT2D eigenvalue weighted by Gasteiger charge is -2.25. The fourth-order valence-corrected chi connectivity index (χ4v) is 8.60. The second kappa shape index (κ2) is 16.3. The first-order valence-electron chi connectivity index (χ1n) is 19.1. The minimum absolute atomic E-state index is 0.0200. The fraction of sp³-hybridized carbons (Fsp3) is 0.372. The van der Waals surface area contributed by atoms with Gasteiger partial charge < -0.3 is 45.1 Å². The van der Waals surface area contributed by atoms with Crippen LogP contribution >= 0.6 is 11.3 Å². The molecule has 0 spiro atoms. The second-order valence-corrected chi connectivity index (χ2v) is 16.5. The molecule has 0 saturated heterocycles. The van der Waals surface area contributed by atoms with Crippen molar-refractivity contribution in [1.82, 2.24) is 15.2 Å². The first-order chi connectivity index (χ1) is 26.9. The minimum atomic E-state index is -0.222. The lowest BCUT2D eigenvalue weighted by atomic mass is 9.93. The predicted octanol–water partition coefficient (Wildman–Crippen LogP) is 6.77. The Kier molecular flexibility index (Phi) is 11.3. The number of aromatic nitrogens is 1. The smallest absolute Gasteiger partial charge is 0.272 e. The van der Waals surface area contributed by atoms with Crippen molar-refractivity contribution in [1.29, 1.82) is 0 Å². The largest absolute Gasteiger partial charge is 0.493 e. The van der Waals surface area contributed by atoms with Crippen LogP contribution < -0.4 is 40.5 Å². The number of nitrogens with one attached hydrogen (secondary N) is 4. The molecule has 3 amide bonds. The average molecular weight is 778 g/mol. The van der Waals surface area contributed by atoms with Crippen LogP contribution in [0.25, 0.3) is 10.1 Å². The van der Waals surface area contributed by atoms with Gasteiger partial charge in [-0.3, -0.25) is 14.4 Å². The SMILES string of the molecule is CNCC(C)(C)CNC(=O)c1cc2cc(NC(=O)c3cc(NCCCCOc4cc5c(cc4OC)C(=O)N4c6ccccc6C[C@H]4CN5C)cn3C)ccc2s1. The molecule has 5 aromatic rings. The number of hydrogen-bond acceptors (Lipinski definition) is 9. The number of aryl methyl sites for hydroxylation is 1. The molecule has 0 bridgehead atoms. The highest BCUT2D eigenvalue weighted by Gasteiger charge is 2.39. The van der Waals surface area contributed by atoms with Crippen molar-refractivity contribution in [2.24, 2.45) is 12.5 Å². The molecule has 3 aromatic carbocycles. The number of rotatable bonds is 15. The van der Waals surface area contributed by atoms with Crippen LogP contribution in [-0.2, 0) is 13.5 Å². The van der Waals surface area contributed by atoms with E-state index in [1.165, 1.54) is 16.9 Å². The summed E-state index contributed by atoms with van der Waals surface area (Å²) in [5.74, 6) is 0.812. The zero-order chi connectivity index (χ0) is 39.6. The second-order valence-electron chi connectivity index (χ2n) is 15.5. The van der Waals surface area contributed by atoms with E-state index in [9.17, 15) is 14.4 Å². The van der Waals surface area contributed by atoms with Crippen LogP contribution in [0, 0.1) is 5.41 Å². The van der Waals surface area contributed by atoms with Crippen molar-refractivity contribution >= 4 is 61.9 Å². The Morgan fingerprint density at radius 3 is 2.55 bits per heavy atom. The number of fused-ring (bicyclic) bond motifs is 5. The van der Waals surface area contributed by atoms with E-state index in [1.54, 1.807) is 11.7 Å². The summed E-state index contributed by atoms with van der Waals surface area (Å²) in [6, 6.07) is 21.4. The van der Waals surface area contributed by atoms with Crippen molar-refractivity contribution in [2.45, 2.75) is 39.2 Å². The van der Waals surface area contributed by atoms with E-state index in [-0.39, 0.29) is 29.2 Å². The highest BCUT2D eigenvalue weighted by molar-refractivity contribution is 7.20. The van der Waals surface area contributed by atoms with Crippen molar-refractivity contribution in [2.75, 3.05) is 74.4 Å². The molecule has 56 heavy (non-hydrogen) atoms. The standard InChI is InChI=1S/C43H51N7O5S/c1-43(2,25-44-3)26-46-41(52)39-19-28-17-29(13-14-38(28)56-39)47-40(51)35-20-30(23-48(35)4)45-15-9-10-16-55-37-22-34-32(21-36(37)54-6)42(53)50-31(24-49(34)5)18-27-11-7-8-12-33(27)50/h7-8,11-14,17,19-23,31,44-45H,9-10,15-16,18,24-26H2,1-6H3,(H,46,52)(H,47,51)/t31-/m0/s1. The van der Waals surface area contributed by atoms with Crippen LogP contribution in [0.1, 0.15) is 62.8 Å². The number of hydrogen-bond donors (Lipinski definition) is 4. The van der Waals surface area contributed by atoms with E-state index >= 15 is 0 Å². The molecule has 2 aliphatic rings. The number of unbranched alkanes of at least 4 members (excludes halogenated alkanes) is 1. The normalized spacial score (nSPS) is 14.9. The lowest BCUT2D eigenvalue weighted by Crippen LogP contribution is -2.41. The Labute approximate surface area is 332 Å². The molecule has 0 unspecified atom stereocenters. The summed E-state index contributed by atoms with van der Waals surface area (Å²) in [6.07, 6.45) is 4.36. The van der Waals surface area contributed by atoms with Gasteiger partial charge in [0.15, 0.2) is 11.5 Å². The van der Waals surface area contributed by atoms with E-state index in [4.69, 9.17) is 9.47 Å². The zero-order valence-electron chi connectivity index (χ0n) is 33.0. The maximum absolute atomic E-state index is 13.9. The molecule has 12 nitrogen and oxygen atoms in total. The molecule has 4 heterocycles. The van der Waals surface area contributed by atoms with Crippen LogP contribution in [0.2, 0.25) is 0 Å². The van der Waals surface area contributed by atoms with Gasteiger partial charge in [0.1, 0.15) is 5.69 Å². The van der Waals surface area contributed by atoms with Crippen molar-refractivity contribution < 1.29 is 23.9 Å². The number of nitrogens with zero attached hydrogens (tertiary/aromatic N) is 3. The summed E-state index contributed by atoms with van der Waals surface area (Å²) in [7, 11) is 7.37. The third-order valence-corrected chi connectivity index (χ3v) is 11.6. The monoisotopic (exact) mass is 777 g/mol. The van der Waals surface area contributed by atoms with E-state index in [0.717, 1.165) is 59.5 Å². The van der Waals surface area contributed by atoms with Gasteiger partial charge in [0.2, 0.25) is 0 Å². The number of thiophene rings is 1. The Morgan fingerprint density at radius 2 is 1.75 bits per heavy atom. The van der Waals surface area contributed by atoms with Gasteiger partial charge in [-0.1, -0.05) is 32.0 Å². The van der Waals surface area contributed by atoms with Gasteiger partial charge >= 0.3 is 0 Å². The molecule has 7 rings (SSSR count). The molecule has 0 saturated carbocycles.